The number of ether oxygens (including phenoxy) is 2. The minimum absolute atomic E-state index is 0.0469. The van der Waals surface area contributed by atoms with E-state index in [-0.39, 0.29) is 11.9 Å². The van der Waals surface area contributed by atoms with Gasteiger partial charge in [-0.2, -0.15) is 0 Å². The molecule has 1 fully saturated rings. The zero-order valence-electron chi connectivity index (χ0n) is 14.7. The molecule has 1 aromatic rings. The normalized spacial score (nSPS) is 16.7. The molecule has 0 N–H and O–H groups in total. The van der Waals surface area contributed by atoms with Gasteiger partial charge in [-0.1, -0.05) is 13.3 Å². The Bertz CT molecular complexity index is 496. The van der Waals surface area contributed by atoms with E-state index in [4.69, 9.17) is 9.47 Å². The molecule has 0 saturated heterocycles. The monoisotopic (exact) mass is 319 g/mol. The van der Waals surface area contributed by atoms with Crippen molar-refractivity contribution in [1.82, 2.24) is 0 Å². The molecule has 1 aromatic carbocycles. The Morgan fingerprint density at radius 3 is 2.43 bits per heavy atom. The van der Waals surface area contributed by atoms with Gasteiger partial charge in [0.1, 0.15) is 11.9 Å². The fourth-order valence-corrected chi connectivity index (χ4v) is 2.77. The fraction of sp³-hybridized carbons (Fsp3) is 0.632. The number of carbonyl (C=O) groups excluding carboxylic acids is 1. The summed E-state index contributed by atoms with van der Waals surface area (Å²) in [5, 5.41) is 0. The van der Waals surface area contributed by atoms with E-state index in [1.165, 1.54) is 12.8 Å². The second-order valence-electron chi connectivity index (χ2n) is 6.35. The summed E-state index contributed by atoms with van der Waals surface area (Å²) in [5.74, 6) is 1.45. The summed E-state index contributed by atoms with van der Waals surface area (Å²) < 4.78 is 10.9. The van der Waals surface area contributed by atoms with Crippen LogP contribution >= 0.6 is 0 Å². The van der Waals surface area contributed by atoms with E-state index in [0.717, 1.165) is 24.3 Å². The average molecular weight is 319 g/mol. The summed E-state index contributed by atoms with van der Waals surface area (Å²) in [6.07, 6.45) is 4.04. The first-order valence-electron chi connectivity index (χ1n) is 8.67. The zero-order chi connectivity index (χ0) is 16.8. The maximum absolute atomic E-state index is 12.9. The van der Waals surface area contributed by atoms with Gasteiger partial charge >= 0.3 is 0 Å². The number of hydrogen-bond acceptors (Lipinski definition) is 3. The van der Waals surface area contributed by atoms with E-state index in [2.05, 4.69) is 13.8 Å². The molecule has 128 valence electrons. The number of unbranched alkanes of at least 4 members (excludes halogenated alkanes) is 1. The first-order valence-corrected chi connectivity index (χ1v) is 8.67. The fourth-order valence-electron chi connectivity index (χ4n) is 2.77. The highest BCUT2D eigenvalue weighted by Gasteiger charge is 2.36. The largest absolute Gasteiger partial charge is 0.497 e. The molecular formula is C19H29NO3. The van der Waals surface area contributed by atoms with Gasteiger partial charge in [-0.25, -0.2) is 0 Å². The Morgan fingerprint density at radius 1 is 1.26 bits per heavy atom. The van der Waals surface area contributed by atoms with Gasteiger partial charge in [0.15, 0.2) is 0 Å². The summed E-state index contributed by atoms with van der Waals surface area (Å²) in [6.45, 7) is 6.75. The minimum atomic E-state index is -0.412. The molecule has 0 aliphatic heterocycles. The van der Waals surface area contributed by atoms with Gasteiger partial charge in [0.2, 0.25) is 0 Å². The summed E-state index contributed by atoms with van der Waals surface area (Å²) in [4.78, 5) is 14.8. The number of anilines is 1. The van der Waals surface area contributed by atoms with Crippen molar-refractivity contribution in [3.63, 3.8) is 0 Å². The molecule has 0 aromatic heterocycles. The lowest BCUT2D eigenvalue weighted by Crippen LogP contribution is -2.45. The van der Waals surface area contributed by atoms with Crippen LogP contribution < -0.4 is 9.64 Å². The van der Waals surface area contributed by atoms with Crippen molar-refractivity contribution in [2.75, 3.05) is 18.6 Å². The Morgan fingerprint density at radius 2 is 1.91 bits per heavy atom. The van der Waals surface area contributed by atoms with Crippen LogP contribution in [0.1, 0.15) is 46.5 Å². The van der Waals surface area contributed by atoms with Gasteiger partial charge in [0.05, 0.1) is 7.11 Å². The van der Waals surface area contributed by atoms with Crippen LogP contribution in [-0.2, 0) is 9.53 Å². The second kappa shape index (κ2) is 8.34. The lowest BCUT2D eigenvalue weighted by atomic mass is 10.1. The molecule has 4 nitrogen and oxygen atoms in total. The van der Waals surface area contributed by atoms with Crippen LogP contribution in [0.5, 0.6) is 5.75 Å². The van der Waals surface area contributed by atoms with Crippen LogP contribution in [0.25, 0.3) is 0 Å². The van der Waals surface area contributed by atoms with Crippen molar-refractivity contribution < 1.29 is 14.3 Å². The van der Waals surface area contributed by atoms with Gasteiger partial charge < -0.3 is 14.4 Å². The molecule has 1 aliphatic rings. The van der Waals surface area contributed by atoms with Gasteiger partial charge in [0, 0.05) is 18.3 Å². The number of amides is 1. The van der Waals surface area contributed by atoms with Crippen molar-refractivity contribution in [2.45, 2.75) is 58.6 Å². The van der Waals surface area contributed by atoms with Crippen LogP contribution in [0.3, 0.4) is 0 Å². The quantitative estimate of drug-likeness (QED) is 0.645. The molecule has 0 spiro atoms. The first kappa shape index (κ1) is 17.8. The number of methoxy groups -OCH3 is 1. The van der Waals surface area contributed by atoms with E-state index in [1.807, 2.05) is 36.1 Å². The third kappa shape index (κ3) is 4.71. The summed E-state index contributed by atoms with van der Waals surface area (Å²) in [6, 6.07) is 7.91. The molecule has 1 aliphatic carbocycles. The number of hydrogen-bond donors (Lipinski definition) is 0. The number of carbonyl (C=O) groups is 1. The Kier molecular flexibility index (Phi) is 6.46. The molecule has 2 rings (SSSR count). The van der Waals surface area contributed by atoms with Crippen LogP contribution in [0.4, 0.5) is 5.69 Å². The van der Waals surface area contributed by atoms with Crippen LogP contribution in [-0.4, -0.2) is 31.8 Å². The lowest BCUT2D eigenvalue weighted by molar-refractivity contribution is -0.129. The van der Waals surface area contributed by atoms with Crippen LogP contribution in [0.15, 0.2) is 24.3 Å². The third-order valence-corrected chi connectivity index (χ3v) is 4.51. The van der Waals surface area contributed by atoms with E-state index in [1.54, 1.807) is 7.11 Å². The molecule has 1 saturated carbocycles. The average Bonchev–Trinajstić information content (AvgIpc) is 3.40. The molecule has 0 heterocycles. The van der Waals surface area contributed by atoms with Crippen LogP contribution in [0.2, 0.25) is 0 Å². The summed E-state index contributed by atoms with van der Waals surface area (Å²) in [5.41, 5.74) is 0.918. The predicted octanol–water partition coefficient (Wildman–Crippen LogP) is 4.03. The van der Waals surface area contributed by atoms with Gasteiger partial charge in [-0.05, 0) is 63.3 Å². The van der Waals surface area contributed by atoms with E-state index < -0.39 is 6.10 Å². The maximum atomic E-state index is 12.9. The van der Waals surface area contributed by atoms with Gasteiger partial charge in [-0.3, -0.25) is 4.79 Å². The van der Waals surface area contributed by atoms with E-state index >= 15 is 0 Å². The maximum Gasteiger partial charge on any atom is 0.256 e. The number of nitrogens with zero attached hydrogens (tertiary/aromatic N) is 1. The molecular weight excluding hydrogens is 290 g/mol. The second-order valence-corrected chi connectivity index (χ2v) is 6.35. The molecule has 0 radical (unpaired) electrons. The Labute approximate surface area is 139 Å². The lowest BCUT2D eigenvalue weighted by Gasteiger charge is -2.32. The van der Waals surface area contributed by atoms with E-state index in [0.29, 0.717) is 12.5 Å². The van der Waals surface area contributed by atoms with E-state index in [9.17, 15) is 4.79 Å². The van der Waals surface area contributed by atoms with Crippen molar-refractivity contribution in [3.05, 3.63) is 24.3 Å². The summed E-state index contributed by atoms with van der Waals surface area (Å²) >= 11 is 0. The number of benzene rings is 1. The highest BCUT2D eigenvalue weighted by atomic mass is 16.5. The molecule has 2 atom stereocenters. The van der Waals surface area contributed by atoms with Gasteiger partial charge in [-0.15, -0.1) is 0 Å². The van der Waals surface area contributed by atoms with Crippen molar-refractivity contribution in [1.29, 1.82) is 0 Å². The summed E-state index contributed by atoms with van der Waals surface area (Å²) in [7, 11) is 1.65. The first-order chi connectivity index (χ1) is 11.1. The highest BCUT2D eigenvalue weighted by Crippen LogP contribution is 2.37. The SMILES string of the molecule is CCCCO[C@@H](C)C(=O)N(c1ccc(OC)cc1)[C@H](C)C1CC1. The Hall–Kier alpha value is -1.55. The topological polar surface area (TPSA) is 38.8 Å². The number of rotatable bonds is 9. The zero-order valence-corrected chi connectivity index (χ0v) is 14.7. The van der Waals surface area contributed by atoms with Crippen LogP contribution in [0, 0.1) is 5.92 Å². The molecule has 1 amide bonds. The Balaban J connectivity index is 2.13. The smallest absolute Gasteiger partial charge is 0.256 e. The third-order valence-electron chi connectivity index (χ3n) is 4.51. The minimum Gasteiger partial charge on any atom is -0.497 e. The standard InChI is InChI=1S/C19H29NO3/c1-5-6-13-23-15(3)19(21)20(14(2)16-7-8-16)17-9-11-18(22-4)12-10-17/h9-12,14-16H,5-8,13H2,1-4H3/t14-,15+/m1/s1. The molecule has 0 bridgehead atoms. The van der Waals surface area contributed by atoms with Crippen molar-refractivity contribution in [2.24, 2.45) is 5.92 Å². The predicted molar refractivity (Wildman–Crippen MR) is 93.0 cm³/mol. The highest BCUT2D eigenvalue weighted by molar-refractivity contribution is 5.97. The molecule has 0 unspecified atom stereocenters. The molecule has 23 heavy (non-hydrogen) atoms. The van der Waals surface area contributed by atoms with Gasteiger partial charge in [0.25, 0.3) is 5.91 Å². The molecule has 4 heteroatoms. The van der Waals surface area contributed by atoms with Crippen molar-refractivity contribution >= 4 is 11.6 Å². The van der Waals surface area contributed by atoms with Crippen molar-refractivity contribution in [3.8, 4) is 5.75 Å².